The highest BCUT2D eigenvalue weighted by Crippen LogP contribution is 2.44. The molecule has 2 aliphatic rings. The van der Waals surface area contributed by atoms with Crippen molar-refractivity contribution in [3.63, 3.8) is 0 Å². The van der Waals surface area contributed by atoms with Crippen LogP contribution in [0.25, 0.3) is 11.1 Å². The van der Waals surface area contributed by atoms with Crippen molar-refractivity contribution >= 4 is 18.0 Å². The third-order valence-electron chi connectivity index (χ3n) is 7.00. The summed E-state index contributed by atoms with van der Waals surface area (Å²) in [5.41, 5.74) is 4.75. The van der Waals surface area contributed by atoms with Crippen LogP contribution in [-0.4, -0.2) is 42.3 Å². The van der Waals surface area contributed by atoms with Gasteiger partial charge in [-0.3, -0.25) is 9.59 Å². The molecule has 2 aliphatic carbocycles. The van der Waals surface area contributed by atoms with E-state index in [1.54, 1.807) is 6.92 Å². The minimum absolute atomic E-state index is 0.000447. The second-order valence-electron chi connectivity index (χ2n) is 9.43. The summed E-state index contributed by atoms with van der Waals surface area (Å²) in [6.07, 6.45) is 2.82. The number of benzene rings is 2. The number of nitrogens with one attached hydrogen (secondary N) is 2. The number of hydrogen-bond acceptors (Lipinski definition) is 4. The largest absolute Gasteiger partial charge is 0.481 e. The lowest BCUT2D eigenvalue weighted by atomic mass is 9.98. The van der Waals surface area contributed by atoms with Crippen molar-refractivity contribution < 1.29 is 24.2 Å². The molecule has 0 heterocycles. The Labute approximate surface area is 199 Å². The number of carboxylic acids is 1. The molecule has 34 heavy (non-hydrogen) atoms. The highest BCUT2D eigenvalue weighted by molar-refractivity contribution is 5.79. The normalized spacial score (nSPS) is 19.7. The Bertz CT molecular complexity index is 1010. The van der Waals surface area contributed by atoms with Crippen LogP contribution in [0.15, 0.2) is 48.5 Å². The van der Waals surface area contributed by atoms with E-state index in [1.807, 2.05) is 24.3 Å². The van der Waals surface area contributed by atoms with E-state index in [9.17, 15) is 14.4 Å². The van der Waals surface area contributed by atoms with Crippen LogP contribution in [0.3, 0.4) is 0 Å². The molecular formula is C27H32N2O5. The first-order valence-electron chi connectivity index (χ1n) is 12.0. The highest BCUT2D eigenvalue weighted by Gasteiger charge is 2.31. The van der Waals surface area contributed by atoms with Gasteiger partial charge in [-0.15, -0.1) is 0 Å². The summed E-state index contributed by atoms with van der Waals surface area (Å²) in [6, 6.07) is 16.5. The first-order chi connectivity index (χ1) is 16.4. The number of rotatable bonds is 9. The fraction of sp³-hybridized carbons (Fsp3) is 0.444. The molecule has 3 unspecified atom stereocenters. The topological polar surface area (TPSA) is 105 Å². The van der Waals surface area contributed by atoms with Crippen molar-refractivity contribution in [1.82, 2.24) is 10.6 Å². The Kier molecular flexibility index (Phi) is 7.50. The molecule has 180 valence electrons. The third-order valence-corrected chi connectivity index (χ3v) is 7.00. The zero-order valence-corrected chi connectivity index (χ0v) is 19.5. The average molecular weight is 465 g/mol. The van der Waals surface area contributed by atoms with Gasteiger partial charge in [0, 0.05) is 24.9 Å². The smallest absolute Gasteiger partial charge is 0.407 e. The predicted octanol–water partition coefficient (Wildman–Crippen LogP) is 4.31. The average Bonchev–Trinajstić information content (AvgIpc) is 3.39. The molecule has 2 amide bonds. The third kappa shape index (κ3) is 5.58. The van der Waals surface area contributed by atoms with Gasteiger partial charge in [0.25, 0.3) is 0 Å². The van der Waals surface area contributed by atoms with E-state index in [0.717, 1.165) is 19.3 Å². The molecular weight excluding hydrogens is 432 g/mol. The van der Waals surface area contributed by atoms with Crippen LogP contribution in [0, 0.1) is 11.8 Å². The van der Waals surface area contributed by atoms with E-state index < -0.39 is 18.0 Å². The predicted molar refractivity (Wildman–Crippen MR) is 128 cm³/mol. The summed E-state index contributed by atoms with van der Waals surface area (Å²) in [4.78, 5) is 35.5. The highest BCUT2D eigenvalue weighted by atomic mass is 16.5. The fourth-order valence-electron chi connectivity index (χ4n) is 5.08. The van der Waals surface area contributed by atoms with Crippen molar-refractivity contribution in [1.29, 1.82) is 0 Å². The molecule has 0 aromatic heterocycles. The molecule has 3 atom stereocenters. The van der Waals surface area contributed by atoms with Gasteiger partial charge >= 0.3 is 12.1 Å². The quantitative estimate of drug-likeness (QED) is 0.513. The zero-order chi connectivity index (χ0) is 24.1. The summed E-state index contributed by atoms with van der Waals surface area (Å²) in [5.74, 6) is -1.16. The molecule has 3 N–H and O–H groups in total. The van der Waals surface area contributed by atoms with Crippen molar-refractivity contribution in [2.24, 2.45) is 11.8 Å². The lowest BCUT2D eigenvalue weighted by Gasteiger charge is -2.17. The molecule has 1 fully saturated rings. The molecule has 1 saturated carbocycles. The summed E-state index contributed by atoms with van der Waals surface area (Å²) >= 11 is 0. The summed E-state index contributed by atoms with van der Waals surface area (Å²) < 4.78 is 5.64. The molecule has 4 rings (SSSR count). The van der Waals surface area contributed by atoms with E-state index in [2.05, 4.69) is 34.9 Å². The van der Waals surface area contributed by atoms with Crippen LogP contribution in [-0.2, 0) is 14.3 Å². The van der Waals surface area contributed by atoms with Gasteiger partial charge in [0.05, 0.1) is 5.92 Å². The standard InChI is InChI=1S/C27H32N2O5/c1-17(26(31)32)12-13-28-25(30)15-18-10-11-19(14-18)29-27(33)34-16-24-22-8-4-2-6-20(22)21-7-3-5-9-23(21)24/h2-9,17-19,24H,10-16H2,1H3,(H,28,30)(H,29,33)(H,31,32). The maximum Gasteiger partial charge on any atom is 0.407 e. The Morgan fingerprint density at radius 2 is 1.68 bits per heavy atom. The Balaban J connectivity index is 1.21. The number of amides is 2. The second kappa shape index (κ2) is 10.7. The summed E-state index contributed by atoms with van der Waals surface area (Å²) in [5, 5.41) is 14.7. The van der Waals surface area contributed by atoms with Crippen molar-refractivity contribution in [3.8, 4) is 11.1 Å². The molecule has 7 heteroatoms. The van der Waals surface area contributed by atoms with Crippen LogP contribution in [0.5, 0.6) is 0 Å². The number of carbonyl (C=O) groups excluding carboxylic acids is 2. The Hall–Kier alpha value is -3.35. The molecule has 2 aromatic rings. The van der Waals surface area contributed by atoms with Gasteiger partial charge in [-0.05, 0) is 53.9 Å². The molecule has 0 aliphatic heterocycles. The maximum absolute atomic E-state index is 12.5. The first-order valence-corrected chi connectivity index (χ1v) is 12.0. The van der Waals surface area contributed by atoms with E-state index in [-0.39, 0.29) is 30.4 Å². The van der Waals surface area contributed by atoms with E-state index >= 15 is 0 Å². The number of carbonyl (C=O) groups is 3. The van der Waals surface area contributed by atoms with Crippen LogP contribution in [0.2, 0.25) is 0 Å². The van der Waals surface area contributed by atoms with Crippen molar-refractivity contribution in [3.05, 3.63) is 59.7 Å². The van der Waals surface area contributed by atoms with Crippen LogP contribution in [0.4, 0.5) is 4.79 Å². The van der Waals surface area contributed by atoms with Gasteiger partial charge < -0.3 is 20.5 Å². The van der Waals surface area contributed by atoms with Gasteiger partial charge in [0.1, 0.15) is 6.61 Å². The molecule has 2 aromatic carbocycles. The lowest BCUT2D eigenvalue weighted by molar-refractivity contribution is -0.141. The second-order valence-corrected chi connectivity index (χ2v) is 9.43. The Morgan fingerprint density at radius 3 is 2.32 bits per heavy atom. The van der Waals surface area contributed by atoms with Gasteiger partial charge in [-0.1, -0.05) is 55.5 Å². The maximum atomic E-state index is 12.5. The molecule has 0 saturated heterocycles. The summed E-state index contributed by atoms with van der Waals surface area (Å²) in [7, 11) is 0. The van der Waals surface area contributed by atoms with Gasteiger partial charge in [0.2, 0.25) is 5.91 Å². The van der Waals surface area contributed by atoms with E-state index in [1.165, 1.54) is 22.3 Å². The molecule has 7 nitrogen and oxygen atoms in total. The van der Waals surface area contributed by atoms with Gasteiger partial charge in [-0.2, -0.15) is 0 Å². The monoisotopic (exact) mass is 464 g/mol. The minimum Gasteiger partial charge on any atom is -0.481 e. The van der Waals surface area contributed by atoms with Gasteiger partial charge in [-0.25, -0.2) is 4.79 Å². The number of alkyl carbamates (subject to hydrolysis) is 1. The Morgan fingerprint density at radius 1 is 1.03 bits per heavy atom. The minimum atomic E-state index is -0.854. The fourth-order valence-corrected chi connectivity index (χ4v) is 5.08. The van der Waals surface area contributed by atoms with Crippen LogP contribution >= 0.6 is 0 Å². The number of hydrogen-bond donors (Lipinski definition) is 3. The van der Waals surface area contributed by atoms with Crippen LogP contribution < -0.4 is 10.6 Å². The number of ether oxygens (including phenoxy) is 1. The number of carboxylic acid groups (broad SMARTS) is 1. The zero-order valence-electron chi connectivity index (χ0n) is 19.5. The van der Waals surface area contributed by atoms with E-state index in [0.29, 0.717) is 19.4 Å². The van der Waals surface area contributed by atoms with Gasteiger partial charge in [0.15, 0.2) is 0 Å². The number of aliphatic carboxylic acids is 1. The SMILES string of the molecule is CC(CCNC(=O)CC1CCC(NC(=O)OCC2c3ccccc3-c3ccccc32)C1)C(=O)O. The number of fused-ring (bicyclic) bond motifs is 3. The molecule has 0 bridgehead atoms. The first kappa shape index (κ1) is 23.8. The summed E-state index contributed by atoms with van der Waals surface area (Å²) in [6.45, 7) is 2.28. The van der Waals surface area contributed by atoms with E-state index in [4.69, 9.17) is 9.84 Å². The lowest BCUT2D eigenvalue weighted by Crippen LogP contribution is -2.34. The van der Waals surface area contributed by atoms with Crippen molar-refractivity contribution in [2.45, 2.75) is 51.0 Å². The molecule has 0 spiro atoms. The van der Waals surface area contributed by atoms with Crippen LogP contribution in [0.1, 0.15) is 56.1 Å². The van der Waals surface area contributed by atoms with Crippen molar-refractivity contribution in [2.75, 3.05) is 13.2 Å². The molecule has 0 radical (unpaired) electrons.